The van der Waals surface area contributed by atoms with Crippen molar-refractivity contribution in [2.45, 2.75) is 39.2 Å². The van der Waals surface area contributed by atoms with Gasteiger partial charge in [0, 0.05) is 5.56 Å². The van der Waals surface area contributed by atoms with Gasteiger partial charge in [-0.1, -0.05) is 32.9 Å². The summed E-state index contributed by atoms with van der Waals surface area (Å²) in [6.07, 6.45) is 1.25. The lowest BCUT2D eigenvalue weighted by Crippen LogP contribution is -2.27. The second kappa shape index (κ2) is 7.66. The zero-order chi connectivity index (χ0) is 21.3. The monoisotopic (exact) mass is 399 g/mol. The second-order valence-corrected chi connectivity index (χ2v) is 7.96. The lowest BCUT2D eigenvalue weighted by molar-refractivity contribution is 0.0934. The molecule has 152 valence electrons. The molecule has 1 amide bonds. The maximum absolute atomic E-state index is 13.6. The number of nitrogen functional groups attached to an aromatic ring is 1. The minimum Gasteiger partial charge on any atom is -0.444 e. The predicted molar refractivity (Wildman–Crippen MR) is 107 cm³/mol. The van der Waals surface area contributed by atoms with E-state index in [1.165, 1.54) is 11.8 Å². The molecule has 0 saturated heterocycles. The standard InChI is InChI=1S/C22H23F2N3O2/c1-12(14-9-16(23)19(25)17(24)10-14)26-20(28)18-11-29-21(27-18)13-5-7-15(8-6-13)22(2,3)4/h5-12H,25H2,1-4H3,(H,26,28). The molecule has 3 rings (SSSR count). The van der Waals surface area contributed by atoms with Gasteiger partial charge in [-0.15, -0.1) is 0 Å². The van der Waals surface area contributed by atoms with Crippen LogP contribution in [0.5, 0.6) is 0 Å². The van der Waals surface area contributed by atoms with Crippen LogP contribution in [0, 0.1) is 11.6 Å². The van der Waals surface area contributed by atoms with Gasteiger partial charge < -0.3 is 15.5 Å². The molecule has 1 atom stereocenters. The Balaban J connectivity index is 1.74. The number of rotatable bonds is 4. The first-order chi connectivity index (χ1) is 13.6. The first-order valence-electron chi connectivity index (χ1n) is 9.18. The lowest BCUT2D eigenvalue weighted by atomic mass is 9.87. The summed E-state index contributed by atoms with van der Waals surface area (Å²) in [4.78, 5) is 16.7. The first kappa shape index (κ1) is 20.5. The van der Waals surface area contributed by atoms with Crippen molar-refractivity contribution in [3.05, 3.63) is 71.1 Å². The number of hydrogen-bond donors (Lipinski definition) is 2. The number of amides is 1. The topological polar surface area (TPSA) is 81.2 Å². The van der Waals surface area contributed by atoms with E-state index in [2.05, 4.69) is 31.1 Å². The van der Waals surface area contributed by atoms with Crippen molar-refractivity contribution in [3.8, 4) is 11.5 Å². The van der Waals surface area contributed by atoms with Gasteiger partial charge in [-0.3, -0.25) is 4.79 Å². The van der Waals surface area contributed by atoms with E-state index in [9.17, 15) is 13.6 Å². The van der Waals surface area contributed by atoms with Gasteiger partial charge in [0.05, 0.1) is 6.04 Å². The van der Waals surface area contributed by atoms with Gasteiger partial charge in [0.25, 0.3) is 5.91 Å². The Morgan fingerprint density at radius 2 is 1.72 bits per heavy atom. The summed E-state index contributed by atoms with van der Waals surface area (Å²) in [5.74, 6) is -1.95. The number of benzene rings is 2. The number of nitrogens with zero attached hydrogens (tertiary/aromatic N) is 1. The number of carbonyl (C=O) groups is 1. The molecule has 0 radical (unpaired) electrons. The molecule has 0 spiro atoms. The highest BCUT2D eigenvalue weighted by atomic mass is 19.1. The highest BCUT2D eigenvalue weighted by Crippen LogP contribution is 2.26. The van der Waals surface area contributed by atoms with Crippen molar-refractivity contribution in [3.63, 3.8) is 0 Å². The van der Waals surface area contributed by atoms with E-state index in [-0.39, 0.29) is 16.7 Å². The minimum absolute atomic E-state index is 0.0252. The van der Waals surface area contributed by atoms with Crippen molar-refractivity contribution in [1.29, 1.82) is 0 Å². The van der Waals surface area contributed by atoms with Crippen LogP contribution in [0.1, 0.15) is 55.4 Å². The molecule has 1 aromatic heterocycles. The molecule has 0 aliphatic heterocycles. The molecule has 0 bridgehead atoms. The first-order valence-corrected chi connectivity index (χ1v) is 9.18. The van der Waals surface area contributed by atoms with E-state index in [1.807, 2.05) is 24.3 Å². The Labute approximate surface area is 167 Å². The van der Waals surface area contributed by atoms with Crippen molar-refractivity contribution < 1.29 is 18.0 Å². The Morgan fingerprint density at radius 1 is 1.14 bits per heavy atom. The van der Waals surface area contributed by atoms with Crippen LogP contribution in [0.25, 0.3) is 11.5 Å². The smallest absolute Gasteiger partial charge is 0.273 e. The quantitative estimate of drug-likeness (QED) is 0.606. The average molecular weight is 399 g/mol. The maximum Gasteiger partial charge on any atom is 0.273 e. The minimum atomic E-state index is -0.872. The van der Waals surface area contributed by atoms with Crippen LogP contribution in [-0.2, 0) is 5.41 Å². The molecule has 2 aromatic carbocycles. The molecule has 3 N–H and O–H groups in total. The number of hydrogen-bond acceptors (Lipinski definition) is 4. The lowest BCUT2D eigenvalue weighted by Gasteiger charge is -2.18. The molecule has 1 heterocycles. The van der Waals surface area contributed by atoms with Gasteiger partial charge in [0.15, 0.2) is 5.69 Å². The summed E-state index contributed by atoms with van der Waals surface area (Å²) in [5.41, 5.74) is 6.99. The highest BCUT2D eigenvalue weighted by molar-refractivity contribution is 5.92. The number of anilines is 1. The molecule has 3 aromatic rings. The molecule has 0 fully saturated rings. The fraction of sp³-hybridized carbons (Fsp3) is 0.273. The highest BCUT2D eigenvalue weighted by Gasteiger charge is 2.19. The van der Waals surface area contributed by atoms with Crippen LogP contribution in [0.4, 0.5) is 14.5 Å². The normalized spacial score (nSPS) is 12.6. The third-order valence-corrected chi connectivity index (χ3v) is 4.68. The summed E-state index contributed by atoms with van der Waals surface area (Å²) in [6, 6.07) is 9.28. The van der Waals surface area contributed by atoms with E-state index < -0.39 is 29.3 Å². The van der Waals surface area contributed by atoms with E-state index in [0.29, 0.717) is 5.89 Å². The number of carbonyl (C=O) groups excluding carboxylic acids is 1. The largest absolute Gasteiger partial charge is 0.444 e. The zero-order valence-corrected chi connectivity index (χ0v) is 16.7. The average Bonchev–Trinajstić information content (AvgIpc) is 3.15. The summed E-state index contributed by atoms with van der Waals surface area (Å²) in [6.45, 7) is 7.97. The molecule has 29 heavy (non-hydrogen) atoms. The van der Waals surface area contributed by atoms with E-state index in [0.717, 1.165) is 17.7 Å². The van der Waals surface area contributed by atoms with Crippen LogP contribution in [-0.4, -0.2) is 10.9 Å². The summed E-state index contributed by atoms with van der Waals surface area (Å²) >= 11 is 0. The SMILES string of the molecule is CC(NC(=O)c1coc(-c2ccc(C(C)(C)C)cc2)n1)c1cc(F)c(N)c(F)c1. The van der Waals surface area contributed by atoms with Gasteiger partial charge in [0.1, 0.15) is 23.6 Å². The van der Waals surface area contributed by atoms with Crippen LogP contribution < -0.4 is 11.1 Å². The van der Waals surface area contributed by atoms with E-state index >= 15 is 0 Å². The Morgan fingerprint density at radius 3 is 2.28 bits per heavy atom. The van der Waals surface area contributed by atoms with Gasteiger partial charge in [-0.05, 0) is 47.7 Å². The number of nitrogens with two attached hydrogens (primary N) is 1. The Bertz CT molecular complexity index is 1010. The maximum atomic E-state index is 13.6. The van der Waals surface area contributed by atoms with Gasteiger partial charge >= 0.3 is 0 Å². The van der Waals surface area contributed by atoms with Crippen molar-refractivity contribution >= 4 is 11.6 Å². The molecule has 0 aliphatic carbocycles. The summed E-state index contributed by atoms with van der Waals surface area (Å²) < 4.78 is 32.7. The van der Waals surface area contributed by atoms with Gasteiger partial charge in [-0.2, -0.15) is 0 Å². The van der Waals surface area contributed by atoms with Crippen molar-refractivity contribution in [1.82, 2.24) is 10.3 Å². The fourth-order valence-corrected chi connectivity index (χ4v) is 2.83. The molecule has 7 heteroatoms. The zero-order valence-electron chi connectivity index (χ0n) is 16.7. The molecule has 0 saturated carbocycles. The molecule has 5 nitrogen and oxygen atoms in total. The number of nitrogens with one attached hydrogen (secondary N) is 1. The number of halogens is 2. The molecule has 1 unspecified atom stereocenters. The van der Waals surface area contributed by atoms with Gasteiger partial charge in [0.2, 0.25) is 5.89 Å². The fourth-order valence-electron chi connectivity index (χ4n) is 2.83. The van der Waals surface area contributed by atoms with Crippen molar-refractivity contribution in [2.75, 3.05) is 5.73 Å². The summed E-state index contributed by atoms with van der Waals surface area (Å²) in [7, 11) is 0. The predicted octanol–water partition coefficient (Wildman–Crippen LogP) is 4.99. The second-order valence-electron chi connectivity index (χ2n) is 7.96. The third-order valence-electron chi connectivity index (χ3n) is 4.68. The van der Waals surface area contributed by atoms with Crippen LogP contribution in [0.3, 0.4) is 0 Å². The Hall–Kier alpha value is -3.22. The summed E-state index contributed by atoms with van der Waals surface area (Å²) in [5, 5.41) is 2.64. The molecular formula is C22H23F2N3O2. The van der Waals surface area contributed by atoms with Crippen LogP contribution in [0.15, 0.2) is 47.1 Å². The van der Waals surface area contributed by atoms with Crippen LogP contribution in [0.2, 0.25) is 0 Å². The van der Waals surface area contributed by atoms with E-state index in [4.69, 9.17) is 10.2 Å². The number of oxazole rings is 1. The van der Waals surface area contributed by atoms with Gasteiger partial charge in [-0.25, -0.2) is 13.8 Å². The Kier molecular flexibility index (Phi) is 5.42. The molecular weight excluding hydrogens is 376 g/mol. The van der Waals surface area contributed by atoms with E-state index in [1.54, 1.807) is 6.92 Å². The number of aromatic nitrogens is 1. The molecule has 0 aliphatic rings. The third kappa shape index (κ3) is 4.45. The van der Waals surface area contributed by atoms with Crippen LogP contribution >= 0.6 is 0 Å². The van der Waals surface area contributed by atoms with Crippen molar-refractivity contribution in [2.24, 2.45) is 0 Å².